The van der Waals surface area contributed by atoms with Crippen molar-refractivity contribution in [1.82, 2.24) is 0 Å². The van der Waals surface area contributed by atoms with Gasteiger partial charge in [-0.15, -0.1) is 0 Å². The van der Waals surface area contributed by atoms with Crippen molar-refractivity contribution >= 4 is 53.7 Å². The minimum Gasteiger partial charge on any atom is -0.535 e. The highest BCUT2D eigenvalue weighted by Gasteiger charge is 2.78. The number of aliphatic hydroxyl groups excluding tert-OH is 2. The molecule has 1 aliphatic heterocycles. The Labute approximate surface area is 397 Å². The Morgan fingerprint density at radius 3 is 1.88 bits per heavy atom. The molecule has 0 aromatic heterocycles. The van der Waals surface area contributed by atoms with Gasteiger partial charge in [-0.05, 0) is 91.7 Å². The lowest BCUT2D eigenvalue weighted by molar-refractivity contribution is -0.344. The molecule has 3 N–H and O–H groups in total. The van der Waals surface area contributed by atoms with Crippen molar-refractivity contribution in [3.8, 4) is 0 Å². The SMILES string of the molecule is CC(=N[Si](C)(C)C(C)(C)C)O[Si](C)(C)C(C)(C)C.CC(=O)O[C@@]12CO[C@@H]1C[C@H](O[Si](C)(C)c1ccccc1)[C@@]1(C)C(=O)[C@H](O)C3=C(C)[C@@H](O)C[C@@](O)([C@@H](OC(=O)c4ccccc4)C12)C3(C)C. The molecule has 12 nitrogen and oxygen atoms in total. The van der Waals surface area contributed by atoms with E-state index in [0.717, 1.165) is 11.1 Å². The Hall–Kier alpha value is -3.29. The summed E-state index contributed by atoms with van der Waals surface area (Å²) in [7, 11) is -6.16. The lowest BCUT2D eigenvalue weighted by Crippen LogP contribution is -2.82. The molecule has 0 radical (unpaired) electrons. The summed E-state index contributed by atoms with van der Waals surface area (Å²) in [5.74, 6) is -2.39. The second-order valence-electron chi connectivity index (χ2n) is 23.5. The maximum atomic E-state index is 15.2. The van der Waals surface area contributed by atoms with Crippen LogP contribution in [0.3, 0.4) is 0 Å². The predicted octanol–water partition coefficient (Wildman–Crippen LogP) is 8.65. The number of nitrogens with zero attached hydrogens (tertiary/aromatic N) is 1. The predicted molar refractivity (Wildman–Crippen MR) is 266 cm³/mol. The molecule has 4 aliphatic rings. The van der Waals surface area contributed by atoms with Gasteiger partial charge in [0.15, 0.2) is 25.5 Å². The summed E-state index contributed by atoms with van der Waals surface area (Å²) in [6, 6.07) is 18.0. The first kappa shape index (κ1) is 53.7. The fraction of sp³-hybridized carbons (Fsp3) is 0.647. The summed E-state index contributed by atoms with van der Waals surface area (Å²) >= 11 is 0. The van der Waals surface area contributed by atoms with Gasteiger partial charge >= 0.3 is 11.9 Å². The highest BCUT2D eigenvalue weighted by atomic mass is 28.4. The molecule has 1 unspecified atom stereocenters. The molecule has 6 rings (SSSR count). The molecule has 2 saturated carbocycles. The summed E-state index contributed by atoms with van der Waals surface area (Å²) in [5.41, 5.74) is -5.91. The van der Waals surface area contributed by atoms with Crippen molar-refractivity contribution in [3.63, 3.8) is 0 Å². The van der Waals surface area contributed by atoms with E-state index in [1.54, 1.807) is 58.0 Å². The molecule has 9 atom stereocenters. The number of esters is 2. The van der Waals surface area contributed by atoms with Crippen molar-refractivity contribution in [2.45, 2.75) is 187 Å². The van der Waals surface area contributed by atoms with Crippen LogP contribution in [-0.4, -0.2) is 112 Å². The maximum Gasteiger partial charge on any atom is 0.338 e. The number of hydrogen-bond acceptors (Lipinski definition) is 12. The van der Waals surface area contributed by atoms with Crippen molar-refractivity contribution in [1.29, 1.82) is 0 Å². The van der Waals surface area contributed by atoms with Crippen LogP contribution in [0.25, 0.3) is 0 Å². The number of rotatable bonds is 8. The number of carbonyl (C=O) groups excluding carboxylic acids is 3. The van der Waals surface area contributed by atoms with E-state index in [9.17, 15) is 24.9 Å². The quantitative estimate of drug-likeness (QED) is 0.0761. The zero-order chi connectivity index (χ0) is 50.0. The molecule has 0 spiro atoms. The number of benzene rings is 2. The van der Waals surface area contributed by atoms with Crippen LogP contribution >= 0.6 is 0 Å². The standard InChI is InChI=1S/C37H46O10Si.C14H33NOSi2/c1-21-25(39)19-37(43)32(45-33(42)23-14-10-8-11-15-23)30-35(5,31(41)29(40)28(21)34(37,3)4)26(18-27-36(30,20-44-27)46-22(2)38)47-48(6,7)24-16-12-9-13-17-24;1-12(15-17(8,9)13(2,3)4)16-18(10,11)14(5,6)7/h8-17,25-27,29-30,32,39-40,43H,18-20H2,1-7H3;1-11H3/t25-,26-,27+,29+,30?,32-,35+,36-,37+;/m0./s1. The van der Waals surface area contributed by atoms with Crippen molar-refractivity contribution in [3.05, 3.63) is 77.4 Å². The summed E-state index contributed by atoms with van der Waals surface area (Å²) in [4.78, 5) is 42.1. The molecule has 2 bridgehead atoms. The Morgan fingerprint density at radius 2 is 1.39 bits per heavy atom. The van der Waals surface area contributed by atoms with Crippen LogP contribution in [0.15, 0.2) is 76.5 Å². The fourth-order valence-electron chi connectivity index (χ4n) is 10.2. The third-order valence-electron chi connectivity index (χ3n) is 16.3. The Balaban J connectivity index is 0.000000385. The third-order valence-corrected chi connectivity index (χ3v) is 27.9. The summed E-state index contributed by atoms with van der Waals surface area (Å²) in [5, 5.41) is 38.1. The highest BCUT2D eigenvalue weighted by molar-refractivity contribution is 6.84. The van der Waals surface area contributed by atoms with Crippen LogP contribution < -0.4 is 5.19 Å². The number of hydrogen-bond donors (Lipinski definition) is 3. The molecule has 1 heterocycles. The minimum atomic E-state index is -2.78. The molecule has 15 heteroatoms. The zero-order valence-electron chi connectivity index (χ0n) is 42.9. The van der Waals surface area contributed by atoms with Gasteiger partial charge in [-0.1, -0.05) is 104 Å². The topological polar surface area (TPSA) is 170 Å². The molecular weight excluding hydrogens is 887 g/mol. The van der Waals surface area contributed by atoms with Gasteiger partial charge in [0.2, 0.25) is 8.32 Å². The van der Waals surface area contributed by atoms with Gasteiger partial charge < -0.3 is 38.4 Å². The van der Waals surface area contributed by atoms with E-state index < -0.39 is 101 Å². The molecule has 3 fully saturated rings. The summed E-state index contributed by atoms with van der Waals surface area (Å²) in [6.07, 6.45) is -6.35. The largest absolute Gasteiger partial charge is 0.535 e. The Morgan fingerprint density at radius 1 is 0.848 bits per heavy atom. The second-order valence-corrected chi connectivity index (χ2v) is 36.9. The van der Waals surface area contributed by atoms with Gasteiger partial charge in [0.25, 0.3) is 8.32 Å². The van der Waals surface area contributed by atoms with E-state index >= 15 is 4.79 Å². The van der Waals surface area contributed by atoms with E-state index in [1.165, 1.54) is 6.92 Å². The average Bonchev–Trinajstić information content (AvgIpc) is 3.18. The second kappa shape index (κ2) is 18.2. The van der Waals surface area contributed by atoms with Crippen molar-refractivity contribution < 1.29 is 52.8 Å². The smallest absolute Gasteiger partial charge is 0.338 e. The first-order chi connectivity index (χ1) is 30.0. The molecule has 1 saturated heterocycles. The van der Waals surface area contributed by atoms with E-state index in [0.29, 0.717) is 5.57 Å². The molecule has 2 aromatic carbocycles. The number of fused-ring (bicyclic) bond motifs is 5. The van der Waals surface area contributed by atoms with E-state index in [2.05, 4.69) is 67.7 Å². The summed E-state index contributed by atoms with van der Waals surface area (Å²) < 4.78 is 36.9. The molecule has 66 heavy (non-hydrogen) atoms. The van der Waals surface area contributed by atoms with Crippen LogP contribution in [0.4, 0.5) is 0 Å². The third kappa shape index (κ3) is 9.53. The van der Waals surface area contributed by atoms with Gasteiger partial charge in [0.1, 0.15) is 23.9 Å². The molecule has 3 aliphatic carbocycles. The molecule has 366 valence electrons. The Bertz CT molecular complexity index is 2200. The average molecular weight is 966 g/mol. The number of Topliss-reactive ketones (excluding diaryl/α,β-unsaturated/α-hetero) is 1. The van der Waals surface area contributed by atoms with Crippen LogP contribution in [0.5, 0.6) is 0 Å². The fourth-order valence-corrected chi connectivity index (χ4v) is 14.7. The van der Waals surface area contributed by atoms with E-state index in [4.69, 9.17) is 27.7 Å². The first-order valence-corrected chi connectivity index (χ1v) is 32.2. The lowest BCUT2D eigenvalue weighted by Gasteiger charge is -2.68. The molecular formula is C51H79NO11Si3. The normalized spacial score (nSPS) is 31.4. The number of carbonyl (C=O) groups is 3. The summed E-state index contributed by atoms with van der Waals surface area (Å²) in [6.45, 7) is 36.6. The maximum absolute atomic E-state index is 15.2. The molecule has 0 amide bonds. The van der Waals surface area contributed by atoms with Crippen molar-refractivity contribution in [2.75, 3.05) is 6.61 Å². The zero-order valence-corrected chi connectivity index (χ0v) is 45.9. The lowest BCUT2D eigenvalue weighted by atomic mass is 9.44. The minimum absolute atomic E-state index is 0.132. The monoisotopic (exact) mass is 965 g/mol. The van der Waals surface area contributed by atoms with E-state index in [-0.39, 0.29) is 40.7 Å². The van der Waals surface area contributed by atoms with Gasteiger partial charge in [-0.3, -0.25) is 14.2 Å². The van der Waals surface area contributed by atoms with Gasteiger partial charge in [-0.2, -0.15) is 0 Å². The first-order valence-electron chi connectivity index (χ1n) is 23.4. The van der Waals surface area contributed by atoms with Gasteiger partial charge in [0, 0.05) is 32.1 Å². The highest BCUT2D eigenvalue weighted by Crippen LogP contribution is 2.64. The van der Waals surface area contributed by atoms with Crippen molar-refractivity contribution in [2.24, 2.45) is 21.4 Å². The van der Waals surface area contributed by atoms with E-state index in [1.807, 2.05) is 50.3 Å². The van der Waals surface area contributed by atoms with Gasteiger partial charge in [0.05, 0.1) is 35.7 Å². The number of ether oxygens (including phenoxy) is 3. The Kier molecular flexibility index (Phi) is 14.8. The van der Waals surface area contributed by atoms with Crippen LogP contribution in [0.2, 0.25) is 49.4 Å². The number of ketones is 1. The van der Waals surface area contributed by atoms with Gasteiger partial charge in [-0.25, -0.2) is 4.79 Å². The van der Waals surface area contributed by atoms with Crippen LogP contribution in [0, 0.1) is 16.7 Å². The van der Waals surface area contributed by atoms with Crippen LogP contribution in [0.1, 0.15) is 106 Å². The molecule has 2 aromatic rings. The van der Waals surface area contributed by atoms with Crippen LogP contribution in [-0.2, 0) is 32.7 Å². The number of aliphatic hydroxyl groups is 3.